The van der Waals surface area contributed by atoms with Crippen LogP contribution in [0.3, 0.4) is 0 Å². The van der Waals surface area contributed by atoms with E-state index in [2.05, 4.69) is 11.9 Å². The molecule has 1 heterocycles. The molecule has 0 saturated carbocycles. The van der Waals surface area contributed by atoms with Crippen molar-refractivity contribution in [2.24, 2.45) is 0 Å². The lowest BCUT2D eigenvalue weighted by Crippen LogP contribution is -2.39. The monoisotopic (exact) mass is 190 g/mol. The molecule has 0 radical (unpaired) electrons. The molecule has 1 N–H and O–H groups in total. The van der Waals surface area contributed by atoms with Crippen LogP contribution in [-0.4, -0.2) is 67.5 Å². The van der Waals surface area contributed by atoms with E-state index in [1.165, 1.54) is 0 Å². The first-order valence-corrected chi connectivity index (χ1v) is 4.76. The van der Waals surface area contributed by atoms with Crippen molar-refractivity contribution in [3.63, 3.8) is 0 Å². The Labute approximate surface area is 79.1 Å². The van der Waals surface area contributed by atoms with E-state index in [-0.39, 0.29) is 0 Å². The second-order valence-corrected chi connectivity index (χ2v) is 3.95. The summed E-state index contributed by atoms with van der Waals surface area (Å²) in [6.45, 7) is 1.91. The molecule has 1 aliphatic heterocycles. The third kappa shape index (κ3) is 3.21. The van der Waals surface area contributed by atoms with Crippen LogP contribution >= 0.6 is 0 Å². The first kappa shape index (κ1) is 10.9. The quantitative estimate of drug-likeness (QED) is 0.673. The first-order chi connectivity index (χ1) is 6.13. The van der Waals surface area contributed by atoms with Gasteiger partial charge in [0.2, 0.25) is 0 Å². The molecule has 0 spiro atoms. The van der Waals surface area contributed by atoms with Crippen LogP contribution in [0.4, 0.5) is 4.39 Å². The molecule has 1 fully saturated rings. The van der Waals surface area contributed by atoms with Crippen molar-refractivity contribution in [2.75, 3.05) is 40.4 Å². The minimum atomic E-state index is -0.823. The summed E-state index contributed by atoms with van der Waals surface area (Å²) in [5.74, 6) is 0. The summed E-state index contributed by atoms with van der Waals surface area (Å²) in [7, 11) is 4.03. The number of hydrogen-bond acceptors (Lipinski definition) is 3. The van der Waals surface area contributed by atoms with E-state index >= 15 is 0 Å². The summed E-state index contributed by atoms with van der Waals surface area (Å²) < 4.78 is 12.0. The van der Waals surface area contributed by atoms with Crippen molar-refractivity contribution in [1.82, 2.24) is 9.80 Å². The van der Waals surface area contributed by atoms with Crippen molar-refractivity contribution in [2.45, 2.75) is 18.6 Å². The Morgan fingerprint density at radius 1 is 1.69 bits per heavy atom. The molecule has 0 aromatic carbocycles. The Bertz CT molecular complexity index is 157. The number of likely N-dealkylation sites (tertiary alicyclic amines) is 1. The lowest BCUT2D eigenvalue weighted by Gasteiger charge is -2.25. The molecule has 2 unspecified atom stereocenters. The van der Waals surface area contributed by atoms with Crippen LogP contribution in [0.25, 0.3) is 0 Å². The molecule has 0 aromatic rings. The predicted molar refractivity (Wildman–Crippen MR) is 50.5 cm³/mol. The Kier molecular flexibility index (Phi) is 4.09. The number of aliphatic hydroxyl groups excluding tert-OH is 1. The highest BCUT2D eigenvalue weighted by Crippen LogP contribution is 2.12. The van der Waals surface area contributed by atoms with Gasteiger partial charge in [-0.25, -0.2) is 4.39 Å². The molecule has 0 bridgehead atoms. The summed E-state index contributed by atoms with van der Waals surface area (Å²) in [4.78, 5) is 4.30. The normalized spacial score (nSPS) is 27.0. The zero-order valence-corrected chi connectivity index (χ0v) is 8.41. The van der Waals surface area contributed by atoms with E-state index in [1.54, 1.807) is 0 Å². The van der Waals surface area contributed by atoms with Gasteiger partial charge in [-0.3, -0.25) is 4.90 Å². The van der Waals surface area contributed by atoms with Crippen LogP contribution in [0, 0.1) is 0 Å². The molecule has 3 nitrogen and oxygen atoms in total. The van der Waals surface area contributed by atoms with Crippen molar-refractivity contribution < 1.29 is 9.50 Å². The molecule has 13 heavy (non-hydrogen) atoms. The average Bonchev–Trinajstić information content (AvgIpc) is 2.51. The van der Waals surface area contributed by atoms with Gasteiger partial charge in [0, 0.05) is 19.1 Å². The first-order valence-electron chi connectivity index (χ1n) is 4.76. The van der Waals surface area contributed by atoms with Crippen LogP contribution in [-0.2, 0) is 0 Å². The summed E-state index contributed by atoms with van der Waals surface area (Å²) in [5.41, 5.74) is 0. The van der Waals surface area contributed by atoms with Gasteiger partial charge < -0.3 is 10.0 Å². The van der Waals surface area contributed by atoms with Gasteiger partial charge in [0.1, 0.15) is 6.67 Å². The SMILES string of the molecule is CN1CCC(N(C)CC(O)CF)C1. The standard InChI is InChI=1S/C9H19FN2O/c1-11-4-3-8(6-11)12(2)7-9(13)5-10/h8-9,13H,3-7H2,1-2H3. The van der Waals surface area contributed by atoms with Crippen molar-refractivity contribution in [3.05, 3.63) is 0 Å². The lowest BCUT2D eigenvalue weighted by molar-refractivity contribution is 0.0845. The van der Waals surface area contributed by atoms with Crippen LogP contribution < -0.4 is 0 Å². The maximum Gasteiger partial charge on any atom is 0.117 e. The molecule has 0 amide bonds. The van der Waals surface area contributed by atoms with Crippen LogP contribution in [0.2, 0.25) is 0 Å². The molecule has 1 saturated heterocycles. The average molecular weight is 190 g/mol. The highest BCUT2D eigenvalue weighted by atomic mass is 19.1. The Morgan fingerprint density at radius 2 is 2.38 bits per heavy atom. The molecule has 2 atom stereocenters. The molecule has 1 rings (SSSR count). The number of aliphatic hydroxyl groups is 1. The maximum atomic E-state index is 12.0. The van der Waals surface area contributed by atoms with Crippen molar-refractivity contribution >= 4 is 0 Å². The molecule has 0 aliphatic carbocycles. The number of hydrogen-bond donors (Lipinski definition) is 1. The van der Waals surface area contributed by atoms with E-state index in [0.717, 1.165) is 19.5 Å². The van der Waals surface area contributed by atoms with Crippen molar-refractivity contribution in [1.29, 1.82) is 0 Å². The number of nitrogens with zero attached hydrogens (tertiary/aromatic N) is 2. The molecular formula is C9H19FN2O. The fourth-order valence-corrected chi connectivity index (χ4v) is 1.80. The third-order valence-electron chi connectivity index (χ3n) is 2.67. The highest BCUT2D eigenvalue weighted by Gasteiger charge is 2.24. The van der Waals surface area contributed by atoms with Crippen LogP contribution in [0.15, 0.2) is 0 Å². The zero-order valence-electron chi connectivity index (χ0n) is 8.41. The lowest BCUT2D eigenvalue weighted by atomic mass is 10.2. The van der Waals surface area contributed by atoms with Crippen LogP contribution in [0.1, 0.15) is 6.42 Å². The molecular weight excluding hydrogens is 171 g/mol. The van der Waals surface area contributed by atoms with E-state index in [1.807, 2.05) is 11.9 Å². The topological polar surface area (TPSA) is 26.7 Å². The number of likely N-dealkylation sites (N-methyl/N-ethyl adjacent to an activating group) is 2. The van der Waals surface area contributed by atoms with Gasteiger partial charge in [-0.1, -0.05) is 0 Å². The fraction of sp³-hybridized carbons (Fsp3) is 1.00. The smallest absolute Gasteiger partial charge is 0.117 e. The summed E-state index contributed by atoms with van der Waals surface area (Å²) in [5, 5.41) is 9.12. The Balaban J connectivity index is 2.27. The molecule has 1 aliphatic rings. The van der Waals surface area contributed by atoms with Gasteiger partial charge in [0.15, 0.2) is 0 Å². The van der Waals surface area contributed by atoms with Gasteiger partial charge in [-0.2, -0.15) is 0 Å². The summed E-state index contributed by atoms with van der Waals surface area (Å²) in [6, 6.07) is 0.478. The zero-order chi connectivity index (χ0) is 9.84. The number of rotatable bonds is 4. The van der Waals surface area contributed by atoms with E-state index in [0.29, 0.717) is 12.6 Å². The maximum absolute atomic E-state index is 12.0. The summed E-state index contributed by atoms with van der Waals surface area (Å²) in [6.07, 6.45) is 0.294. The minimum absolute atomic E-state index is 0.439. The summed E-state index contributed by atoms with van der Waals surface area (Å²) >= 11 is 0. The minimum Gasteiger partial charge on any atom is -0.389 e. The highest BCUT2D eigenvalue weighted by molar-refractivity contribution is 4.80. The largest absolute Gasteiger partial charge is 0.389 e. The Morgan fingerprint density at radius 3 is 2.85 bits per heavy atom. The van der Waals surface area contributed by atoms with E-state index in [4.69, 9.17) is 5.11 Å². The molecule has 0 aromatic heterocycles. The van der Waals surface area contributed by atoms with Crippen LogP contribution in [0.5, 0.6) is 0 Å². The third-order valence-corrected chi connectivity index (χ3v) is 2.67. The van der Waals surface area contributed by atoms with Crippen molar-refractivity contribution in [3.8, 4) is 0 Å². The second kappa shape index (κ2) is 4.88. The Hall–Kier alpha value is -0.190. The van der Waals surface area contributed by atoms with E-state index < -0.39 is 12.8 Å². The van der Waals surface area contributed by atoms with Gasteiger partial charge in [-0.15, -0.1) is 0 Å². The molecule has 78 valence electrons. The van der Waals surface area contributed by atoms with Gasteiger partial charge in [0.25, 0.3) is 0 Å². The predicted octanol–water partition coefficient (Wildman–Crippen LogP) is -0.0473. The molecule has 4 heteroatoms. The van der Waals surface area contributed by atoms with Gasteiger partial charge in [0.05, 0.1) is 6.10 Å². The number of alkyl halides is 1. The van der Waals surface area contributed by atoms with E-state index in [9.17, 15) is 4.39 Å². The second-order valence-electron chi connectivity index (χ2n) is 3.95. The van der Waals surface area contributed by atoms with Gasteiger partial charge >= 0.3 is 0 Å². The van der Waals surface area contributed by atoms with Gasteiger partial charge in [-0.05, 0) is 27.1 Å². The fourth-order valence-electron chi connectivity index (χ4n) is 1.80. The number of halogens is 1.